The highest BCUT2D eigenvalue weighted by Gasteiger charge is 2.35. The van der Waals surface area contributed by atoms with E-state index in [1.165, 1.54) is 18.2 Å². The van der Waals surface area contributed by atoms with Crippen molar-refractivity contribution in [1.29, 1.82) is 0 Å². The number of amides is 1. The minimum atomic E-state index is -3.64. The smallest absolute Gasteiger partial charge is 0.249 e. The zero-order valence-corrected chi connectivity index (χ0v) is 21.8. The molecule has 0 fully saturated rings. The number of phenolic OH excluding ortho intramolecular Hbond substituents is 1. The lowest BCUT2D eigenvalue weighted by Gasteiger charge is -2.31. The van der Waals surface area contributed by atoms with Crippen molar-refractivity contribution in [3.8, 4) is 17.2 Å². The second-order valence-corrected chi connectivity index (χ2v) is 10.3. The SMILES string of the molecule is COc1ccc(NC(=O)[C@@](C)(NC[C@H](O)c2ccc(O)c(NS(C)(=O)=O)c2)c2ccc(OC)cc2)cc1. The highest BCUT2D eigenvalue weighted by Crippen LogP contribution is 2.30. The summed E-state index contributed by atoms with van der Waals surface area (Å²) in [6.07, 6.45) is -0.175. The van der Waals surface area contributed by atoms with Crippen LogP contribution in [0, 0.1) is 0 Å². The number of benzene rings is 3. The molecule has 0 radical (unpaired) electrons. The van der Waals surface area contributed by atoms with Crippen LogP contribution < -0.4 is 24.8 Å². The summed E-state index contributed by atoms with van der Waals surface area (Å²) >= 11 is 0. The Bertz CT molecular complexity index is 1330. The number of phenols is 1. The monoisotopic (exact) mass is 529 g/mol. The van der Waals surface area contributed by atoms with E-state index in [9.17, 15) is 23.4 Å². The van der Waals surface area contributed by atoms with Crippen molar-refractivity contribution in [2.24, 2.45) is 0 Å². The lowest BCUT2D eigenvalue weighted by Crippen LogP contribution is -2.50. The molecule has 2 atom stereocenters. The first-order valence-electron chi connectivity index (χ1n) is 11.3. The summed E-state index contributed by atoms with van der Waals surface area (Å²) in [5, 5.41) is 26.9. The van der Waals surface area contributed by atoms with Gasteiger partial charge in [-0.2, -0.15) is 0 Å². The molecule has 37 heavy (non-hydrogen) atoms. The van der Waals surface area contributed by atoms with E-state index < -0.39 is 21.7 Å². The molecule has 0 aliphatic carbocycles. The van der Waals surface area contributed by atoms with Crippen LogP contribution in [-0.4, -0.2) is 51.6 Å². The molecule has 1 amide bonds. The predicted molar refractivity (Wildman–Crippen MR) is 142 cm³/mol. The maximum absolute atomic E-state index is 13.5. The van der Waals surface area contributed by atoms with Gasteiger partial charge in [-0.3, -0.25) is 14.8 Å². The van der Waals surface area contributed by atoms with Gasteiger partial charge in [0.25, 0.3) is 0 Å². The third kappa shape index (κ3) is 7.13. The van der Waals surface area contributed by atoms with Crippen LogP contribution in [0.1, 0.15) is 24.2 Å². The Morgan fingerprint density at radius 1 is 0.973 bits per heavy atom. The second-order valence-electron chi connectivity index (χ2n) is 8.58. The van der Waals surface area contributed by atoms with Crippen LogP contribution in [0.5, 0.6) is 17.2 Å². The third-order valence-electron chi connectivity index (χ3n) is 5.82. The van der Waals surface area contributed by atoms with E-state index in [4.69, 9.17) is 9.47 Å². The zero-order valence-electron chi connectivity index (χ0n) is 21.0. The molecule has 3 rings (SSSR count). The van der Waals surface area contributed by atoms with Crippen molar-refractivity contribution < 1.29 is 32.9 Å². The average Bonchev–Trinajstić information content (AvgIpc) is 2.88. The molecule has 3 aromatic carbocycles. The van der Waals surface area contributed by atoms with E-state index in [-0.39, 0.29) is 23.9 Å². The molecule has 0 bridgehead atoms. The van der Waals surface area contributed by atoms with Crippen LogP contribution in [0.25, 0.3) is 0 Å². The molecule has 5 N–H and O–H groups in total. The molecule has 198 valence electrons. The van der Waals surface area contributed by atoms with Crippen molar-refractivity contribution in [3.63, 3.8) is 0 Å². The molecular weight excluding hydrogens is 498 g/mol. The first-order chi connectivity index (χ1) is 17.4. The molecule has 0 unspecified atom stereocenters. The topological polar surface area (TPSA) is 146 Å². The molecular formula is C26H31N3O7S. The molecule has 0 aliphatic rings. The number of aliphatic hydroxyl groups excluding tert-OH is 1. The van der Waals surface area contributed by atoms with Gasteiger partial charge in [0.05, 0.1) is 32.3 Å². The summed E-state index contributed by atoms with van der Waals surface area (Å²) < 4.78 is 35.8. The molecule has 0 saturated carbocycles. The van der Waals surface area contributed by atoms with Crippen LogP contribution >= 0.6 is 0 Å². The molecule has 0 aliphatic heterocycles. The number of rotatable bonds is 11. The van der Waals surface area contributed by atoms with Gasteiger partial charge in [0.1, 0.15) is 22.8 Å². The van der Waals surface area contributed by atoms with E-state index >= 15 is 0 Å². The number of anilines is 2. The van der Waals surface area contributed by atoms with Crippen LogP contribution in [0.4, 0.5) is 11.4 Å². The van der Waals surface area contributed by atoms with Crippen LogP contribution in [0.2, 0.25) is 0 Å². The summed E-state index contributed by atoms with van der Waals surface area (Å²) in [5.74, 6) is 0.615. The molecule has 0 aromatic heterocycles. The predicted octanol–water partition coefficient (Wildman–Crippen LogP) is 2.96. The number of aromatic hydroxyl groups is 1. The minimum Gasteiger partial charge on any atom is -0.506 e. The summed E-state index contributed by atoms with van der Waals surface area (Å²) in [6.45, 7) is 1.62. The Hall–Kier alpha value is -3.80. The van der Waals surface area contributed by atoms with Crippen LogP contribution in [0.15, 0.2) is 66.7 Å². The number of carbonyl (C=O) groups is 1. The molecule has 0 spiro atoms. The standard InChI is InChI=1S/C26H31N3O7S/c1-26(18-6-10-20(35-2)11-7-18,25(32)28-19-8-12-21(36-3)13-9-19)27-16-24(31)17-5-14-23(30)22(15-17)29-37(4,33)34/h5-15,24,27,29-31H,16H2,1-4H3,(H,28,32)/t24-,26-/m0/s1. The molecule has 0 heterocycles. The normalized spacial score (nSPS) is 13.8. The highest BCUT2D eigenvalue weighted by atomic mass is 32.2. The van der Waals surface area contributed by atoms with Gasteiger partial charge in [0, 0.05) is 12.2 Å². The molecule has 3 aromatic rings. The Kier molecular flexibility index (Phi) is 8.64. The molecule has 0 saturated heterocycles. The number of sulfonamides is 1. The minimum absolute atomic E-state index is 0.0609. The summed E-state index contributed by atoms with van der Waals surface area (Å²) in [4.78, 5) is 13.5. The van der Waals surface area contributed by atoms with Gasteiger partial charge in [-0.15, -0.1) is 0 Å². The summed E-state index contributed by atoms with van der Waals surface area (Å²) in [6, 6.07) is 17.9. The Labute approximate surface area is 216 Å². The van der Waals surface area contributed by atoms with Crippen molar-refractivity contribution in [3.05, 3.63) is 77.9 Å². The number of hydrogen-bond donors (Lipinski definition) is 5. The maximum atomic E-state index is 13.5. The molecule has 11 heteroatoms. The fourth-order valence-corrected chi connectivity index (χ4v) is 4.19. The Balaban J connectivity index is 1.86. The highest BCUT2D eigenvalue weighted by molar-refractivity contribution is 7.92. The summed E-state index contributed by atoms with van der Waals surface area (Å²) in [5.41, 5.74) is 0.177. The number of methoxy groups -OCH3 is 2. The Morgan fingerprint density at radius 3 is 2.08 bits per heavy atom. The first kappa shape index (κ1) is 27.8. The number of hydrogen-bond acceptors (Lipinski definition) is 8. The zero-order chi connectivity index (χ0) is 27.2. The lowest BCUT2D eigenvalue weighted by atomic mass is 9.90. The number of nitrogens with one attached hydrogen (secondary N) is 3. The quantitative estimate of drug-likeness (QED) is 0.238. The van der Waals surface area contributed by atoms with Gasteiger partial charge in [-0.25, -0.2) is 8.42 Å². The fraction of sp³-hybridized carbons (Fsp3) is 0.269. The van der Waals surface area contributed by atoms with Crippen molar-refractivity contribution in [2.75, 3.05) is 37.1 Å². The second kappa shape index (κ2) is 11.5. The van der Waals surface area contributed by atoms with E-state index in [0.29, 0.717) is 28.3 Å². The van der Waals surface area contributed by atoms with Gasteiger partial charge < -0.3 is 25.0 Å². The van der Waals surface area contributed by atoms with Gasteiger partial charge in [0.15, 0.2) is 0 Å². The van der Waals surface area contributed by atoms with E-state index in [2.05, 4.69) is 15.4 Å². The number of carbonyl (C=O) groups excluding carboxylic acids is 1. The van der Waals surface area contributed by atoms with Crippen molar-refractivity contribution >= 4 is 27.3 Å². The van der Waals surface area contributed by atoms with Crippen molar-refractivity contribution in [2.45, 2.75) is 18.6 Å². The average molecular weight is 530 g/mol. The van der Waals surface area contributed by atoms with Crippen molar-refractivity contribution in [1.82, 2.24) is 5.32 Å². The lowest BCUT2D eigenvalue weighted by molar-refractivity contribution is -0.122. The molecule has 10 nitrogen and oxygen atoms in total. The number of aliphatic hydroxyl groups is 1. The van der Waals surface area contributed by atoms with Crippen LogP contribution in [0.3, 0.4) is 0 Å². The van der Waals surface area contributed by atoms with Gasteiger partial charge >= 0.3 is 0 Å². The van der Waals surface area contributed by atoms with Gasteiger partial charge in [-0.05, 0) is 66.6 Å². The first-order valence-corrected chi connectivity index (χ1v) is 13.2. The van der Waals surface area contributed by atoms with E-state index in [0.717, 1.165) is 6.26 Å². The number of ether oxygens (including phenoxy) is 2. The van der Waals surface area contributed by atoms with E-state index in [1.54, 1.807) is 69.7 Å². The maximum Gasteiger partial charge on any atom is 0.249 e. The summed E-state index contributed by atoms with van der Waals surface area (Å²) in [7, 11) is -0.544. The third-order valence-corrected chi connectivity index (χ3v) is 6.41. The van der Waals surface area contributed by atoms with Crippen LogP contribution in [-0.2, 0) is 20.4 Å². The van der Waals surface area contributed by atoms with E-state index in [1.807, 2.05) is 0 Å². The Morgan fingerprint density at radius 2 is 1.54 bits per heavy atom. The fourth-order valence-electron chi connectivity index (χ4n) is 3.63. The van der Waals surface area contributed by atoms with Gasteiger partial charge in [-0.1, -0.05) is 18.2 Å². The van der Waals surface area contributed by atoms with Gasteiger partial charge in [0.2, 0.25) is 15.9 Å². The largest absolute Gasteiger partial charge is 0.506 e.